The molecule has 125 valence electrons. The van der Waals surface area contributed by atoms with E-state index < -0.39 is 0 Å². The van der Waals surface area contributed by atoms with Crippen LogP contribution < -0.4 is 0 Å². The largest absolute Gasteiger partial charge is 0.512 e. The van der Waals surface area contributed by atoms with Crippen molar-refractivity contribution in [2.75, 3.05) is 0 Å². The quantitative estimate of drug-likeness (QED) is 0.317. The Bertz CT molecular complexity index is 820. The molecule has 0 aliphatic rings. The first kappa shape index (κ1) is 19.8. The van der Waals surface area contributed by atoms with Gasteiger partial charge in [0.2, 0.25) is 0 Å². The second-order valence-electron chi connectivity index (χ2n) is 5.05. The number of hydrogen-bond donors (Lipinski definition) is 1. The molecule has 3 aromatic rings. The first-order valence-corrected chi connectivity index (χ1v) is 7.26. The standard InChI is InChI=1S/C15H10N.C5H8O2.Ir/c1-2-6-12(7-3-1)14-10-4-8-13-9-5-11-16-15(13)14;1-4(6)3-5(2)7;/h1-6,8-11H;3,6H,1-2H3;/q-1;;. The second-order valence-corrected chi connectivity index (χ2v) is 5.05. The van der Waals surface area contributed by atoms with Gasteiger partial charge >= 0.3 is 0 Å². The van der Waals surface area contributed by atoms with Gasteiger partial charge in [-0.15, -0.1) is 35.9 Å². The van der Waals surface area contributed by atoms with E-state index in [2.05, 4.69) is 41.4 Å². The molecule has 3 nitrogen and oxygen atoms in total. The van der Waals surface area contributed by atoms with Gasteiger partial charge in [0.25, 0.3) is 0 Å². The fourth-order valence-electron chi connectivity index (χ4n) is 2.18. The number of para-hydroxylation sites is 1. The zero-order valence-corrected chi connectivity index (χ0v) is 15.9. The molecule has 0 bridgehead atoms. The molecule has 0 amide bonds. The Morgan fingerprint density at radius 2 is 1.83 bits per heavy atom. The predicted molar refractivity (Wildman–Crippen MR) is 93.1 cm³/mol. The molecule has 3 rings (SSSR count). The number of pyridine rings is 1. The fourth-order valence-corrected chi connectivity index (χ4v) is 2.18. The molecule has 1 radical (unpaired) electrons. The van der Waals surface area contributed by atoms with Gasteiger partial charge in [-0.05, 0) is 25.3 Å². The van der Waals surface area contributed by atoms with E-state index in [4.69, 9.17) is 5.11 Å². The number of fused-ring (bicyclic) bond motifs is 1. The Labute approximate surface area is 155 Å². The van der Waals surface area contributed by atoms with Crippen LogP contribution in [0.3, 0.4) is 0 Å². The Morgan fingerprint density at radius 1 is 1.08 bits per heavy atom. The molecule has 2 aromatic carbocycles. The van der Waals surface area contributed by atoms with Gasteiger partial charge < -0.3 is 5.11 Å². The van der Waals surface area contributed by atoms with Gasteiger partial charge in [0.1, 0.15) is 0 Å². The van der Waals surface area contributed by atoms with Crippen molar-refractivity contribution < 1.29 is 30.0 Å². The molecule has 0 saturated heterocycles. The smallest absolute Gasteiger partial charge is 0.155 e. The first-order valence-electron chi connectivity index (χ1n) is 7.26. The summed E-state index contributed by atoms with van der Waals surface area (Å²) >= 11 is 0. The van der Waals surface area contributed by atoms with Gasteiger partial charge in [-0.3, -0.25) is 9.78 Å². The van der Waals surface area contributed by atoms with Crippen LogP contribution in [0.4, 0.5) is 0 Å². The number of aromatic nitrogens is 1. The summed E-state index contributed by atoms with van der Waals surface area (Å²) < 4.78 is 0. The molecular weight excluding hydrogens is 478 g/mol. The van der Waals surface area contributed by atoms with Crippen LogP contribution in [0, 0.1) is 6.07 Å². The van der Waals surface area contributed by atoms with Crippen LogP contribution in [0.25, 0.3) is 22.0 Å². The average Bonchev–Trinajstić information content (AvgIpc) is 2.54. The third-order valence-corrected chi connectivity index (χ3v) is 3.04. The third kappa shape index (κ3) is 5.73. The summed E-state index contributed by atoms with van der Waals surface area (Å²) in [4.78, 5) is 14.5. The Hall–Kier alpha value is -2.29. The molecule has 0 saturated carbocycles. The van der Waals surface area contributed by atoms with E-state index >= 15 is 0 Å². The van der Waals surface area contributed by atoms with Crippen molar-refractivity contribution in [3.05, 3.63) is 78.7 Å². The molecule has 0 spiro atoms. The number of carbonyl (C=O) groups excluding carboxylic acids is 1. The third-order valence-electron chi connectivity index (χ3n) is 3.04. The van der Waals surface area contributed by atoms with Gasteiger partial charge in [-0.25, -0.2) is 0 Å². The molecule has 0 aliphatic carbocycles. The molecule has 0 fully saturated rings. The molecule has 0 aliphatic heterocycles. The number of hydrogen-bond acceptors (Lipinski definition) is 3. The monoisotopic (exact) mass is 497 g/mol. The minimum atomic E-state index is -0.125. The van der Waals surface area contributed by atoms with Crippen LogP contribution >= 0.6 is 0 Å². The molecule has 0 unspecified atom stereocenters. The van der Waals surface area contributed by atoms with E-state index in [9.17, 15) is 4.79 Å². The van der Waals surface area contributed by atoms with Crippen molar-refractivity contribution >= 4 is 16.7 Å². The van der Waals surface area contributed by atoms with Gasteiger partial charge in [0.05, 0.1) is 5.76 Å². The zero-order valence-electron chi connectivity index (χ0n) is 13.5. The number of ketones is 1. The average molecular weight is 497 g/mol. The first-order chi connectivity index (χ1) is 11.1. The normalized spacial score (nSPS) is 10.3. The maximum absolute atomic E-state index is 10.0. The maximum atomic E-state index is 10.0. The SMILES string of the molecule is CC(=O)C=C(C)O.[Ir].[c-]1ccccc1-c1cccc2cccnc12. The van der Waals surface area contributed by atoms with Crippen LogP contribution in [0.2, 0.25) is 0 Å². The molecule has 1 aromatic heterocycles. The van der Waals surface area contributed by atoms with E-state index in [0.29, 0.717) is 0 Å². The zero-order chi connectivity index (χ0) is 16.7. The summed E-state index contributed by atoms with van der Waals surface area (Å²) in [6, 6.07) is 21.5. The summed E-state index contributed by atoms with van der Waals surface area (Å²) in [7, 11) is 0. The summed E-state index contributed by atoms with van der Waals surface area (Å²) in [5.74, 6) is -0.0625. The number of nitrogens with zero attached hydrogens (tertiary/aromatic N) is 1. The van der Waals surface area contributed by atoms with E-state index in [1.54, 1.807) is 0 Å². The van der Waals surface area contributed by atoms with Crippen molar-refractivity contribution in [2.24, 2.45) is 0 Å². The molecule has 1 N–H and O–H groups in total. The molecule has 4 heteroatoms. The van der Waals surface area contributed by atoms with Crippen molar-refractivity contribution in [3.8, 4) is 11.1 Å². The van der Waals surface area contributed by atoms with E-state index in [1.165, 1.54) is 19.9 Å². The van der Waals surface area contributed by atoms with Crippen LogP contribution in [0.15, 0.2) is 72.6 Å². The Morgan fingerprint density at radius 3 is 2.42 bits per heavy atom. The number of allylic oxidation sites excluding steroid dienone is 2. The van der Waals surface area contributed by atoms with E-state index in [0.717, 1.165) is 22.0 Å². The van der Waals surface area contributed by atoms with Crippen molar-refractivity contribution in [1.29, 1.82) is 0 Å². The van der Waals surface area contributed by atoms with Crippen LogP contribution in [0.5, 0.6) is 0 Å². The summed E-state index contributed by atoms with van der Waals surface area (Å²) in [6.07, 6.45) is 2.99. The van der Waals surface area contributed by atoms with Crippen LogP contribution in [-0.4, -0.2) is 15.9 Å². The number of aliphatic hydroxyl groups excluding tert-OH is 1. The van der Waals surface area contributed by atoms with Gasteiger partial charge in [-0.2, -0.15) is 0 Å². The van der Waals surface area contributed by atoms with Gasteiger partial charge in [-0.1, -0.05) is 29.8 Å². The number of aliphatic hydroxyl groups is 1. The summed E-state index contributed by atoms with van der Waals surface area (Å²) in [6.45, 7) is 2.85. The van der Waals surface area contributed by atoms with Crippen molar-refractivity contribution in [3.63, 3.8) is 0 Å². The predicted octanol–water partition coefficient (Wildman–Crippen LogP) is 4.74. The molecule has 24 heavy (non-hydrogen) atoms. The van der Waals surface area contributed by atoms with Crippen LogP contribution in [0.1, 0.15) is 13.8 Å². The van der Waals surface area contributed by atoms with Crippen molar-refractivity contribution in [1.82, 2.24) is 4.98 Å². The topological polar surface area (TPSA) is 50.2 Å². The van der Waals surface area contributed by atoms with Crippen LogP contribution in [-0.2, 0) is 24.9 Å². The Balaban J connectivity index is 0.000000312. The number of carbonyl (C=O) groups is 1. The number of benzene rings is 2. The van der Waals surface area contributed by atoms with Gasteiger partial charge in [0, 0.05) is 37.9 Å². The molecule has 0 atom stereocenters. The maximum Gasteiger partial charge on any atom is 0.155 e. The molecule has 1 heterocycles. The van der Waals surface area contributed by atoms with Crippen molar-refractivity contribution in [2.45, 2.75) is 13.8 Å². The summed E-state index contributed by atoms with van der Waals surface area (Å²) in [5.41, 5.74) is 3.26. The van der Waals surface area contributed by atoms with Gasteiger partial charge in [0.15, 0.2) is 5.78 Å². The summed E-state index contributed by atoms with van der Waals surface area (Å²) in [5, 5.41) is 9.53. The van der Waals surface area contributed by atoms with E-state index in [-0.39, 0.29) is 31.6 Å². The number of rotatable bonds is 2. The minimum Gasteiger partial charge on any atom is -0.512 e. The second kappa shape index (κ2) is 9.76. The minimum absolute atomic E-state index is 0. The fraction of sp³-hybridized carbons (Fsp3) is 0.100. The molecular formula is C20H18IrNO2-. The Kier molecular flexibility index (Phi) is 8.03. The van der Waals surface area contributed by atoms with E-state index in [1.807, 2.05) is 30.5 Å².